The first kappa shape index (κ1) is 10.7. The van der Waals surface area contributed by atoms with Crippen LogP contribution in [0.1, 0.15) is 18.1 Å². The van der Waals surface area contributed by atoms with Gasteiger partial charge in [-0.05, 0) is 19.4 Å². The van der Waals surface area contributed by atoms with Gasteiger partial charge in [-0.25, -0.2) is 0 Å². The third-order valence-electron chi connectivity index (χ3n) is 2.00. The van der Waals surface area contributed by atoms with Gasteiger partial charge in [-0.1, -0.05) is 29.8 Å². The predicted octanol–water partition coefficient (Wildman–Crippen LogP) is 0.958. The van der Waals surface area contributed by atoms with Crippen molar-refractivity contribution in [3.05, 3.63) is 35.4 Å². The zero-order chi connectivity index (χ0) is 10.6. The van der Waals surface area contributed by atoms with Crippen LogP contribution >= 0.6 is 0 Å². The van der Waals surface area contributed by atoms with Gasteiger partial charge < -0.3 is 11.1 Å². The van der Waals surface area contributed by atoms with Crippen molar-refractivity contribution >= 4 is 5.91 Å². The van der Waals surface area contributed by atoms with E-state index in [4.69, 9.17) is 5.73 Å². The molecule has 0 aromatic heterocycles. The maximum atomic E-state index is 11.1. The van der Waals surface area contributed by atoms with Crippen molar-refractivity contribution in [1.82, 2.24) is 5.32 Å². The fourth-order valence-corrected chi connectivity index (χ4v) is 1.06. The molecule has 1 rings (SSSR count). The molecule has 0 unspecified atom stereocenters. The molecule has 0 saturated carbocycles. The minimum atomic E-state index is -0.444. The summed E-state index contributed by atoms with van der Waals surface area (Å²) in [5.41, 5.74) is 7.71. The predicted molar refractivity (Wildman–Crippen MR) is 56.7 cm³/mol. The summed E-state index contributed by atoms with van der Waals surface area (Å²) in [5, 5.41) is 2.75. The standard InChI is InChI=1S/C11H16N2O/c1-8-3-5-10(6-4-8)7-13-11(14)9(2)12/h3-6,9H,7,12H2,1-2H3,(H,13,14)/t9-/m0/s1. The van der Waals surface area contributed by atoms with Gasteiger partial charge in [-0.2, -0.15) is 0 Å². The highest BCUT2D eigenvalue weighted by molar-refractivity contribution is 5.80. The number of hydrogen-bond donors (Lipinski definition) is 2. The summed E-state index contributed by atoms with van der Waals surface area (Å²) in [7, 11) is 0. The van der Waals surface area contributed by atoms with Gasteiger partial charge in [0.05, 0.1) is 6.04 Å². The van der Waals surface area contributed by atoms with Gasteiger partial charge in [0.1, 0.15) is 0 Å². The van der Waals surface area contributed by atoms with Crippen molar-refractivity contribution in [2.75, 3.05) is 0 Å². The molecule has 1 aromatic rings. The third-order valence-corrected chi connectivity index (χ3v) is 2.00. The van der Waals surface area contributed by atoms with Crippen LogP contribution in [0.15, 0.2) is 24.3 Å². The van der Waals surface area contributed by atoms with E-state index >= 15 is 0 Å². The van der Waals surface area contributed by atoms with E-state index in [-0.39, 0.29) is 5.91 Å². The Morgan fingerprint density at radius 1 is 1.43 bits per heavy atom. The van der Waals surface area contributed by atoms with Crippen LogP contribution in [0.25, 0.3) is 0 Å². The first-order valence-electron chi connectivity index (χ1n) is 4.68. The van der Waals surface area contributed by atoms with Gasteiger partial charge >= 0.3 is 0 Å². The number of nitrogens with two attached hydrogens (primary N) is 1. The molecule has 3 nitrogen and oxygen atoms in total. The van der Waals surface area contributed by atoms with Crippen LogP contribution in [0.5, 0.6) is 0 Å². The first-order valence-corrected chi connectivity index (χ1v) is 4.68. The topological polar surface area (TPSA) is 55.1 Å². The highest BCUT2D eigenvalue weighted by atomic mass is 16.2. The zero-order valence-electron chi connectivity index (χ0n) is 8.58. The lowest BCUT2D eigenvalue weighted by Gasteiger charge is -2.07. The Kier molecular flexibility index (Phi) is 3.65. The SMILES string of the molecule is Cc1ccc(CNC(=O)[C@H](C)N)cc1. The average Bonchev–Trinajstić information content (AvgIpc) is 2.16. The van der Waals surface area contributed by atoms with Gasteiger partial charge in [0.2, 0.25) is 5.91 Å². The second kappa shape index (κ2) is 4.77. The van der Waals surface area contributed by atoms with Crippen LogP contribution in [0.2, 0.25) is 0 Å². The van der Waals surface area contributed by atoms with Crippen molar-refractivity contribution in [3.63, 3.8) is 0 Å². The second-order valence-corrected chi connectivity index (χ2v) is 3.49. The molecule has 0 bridgehead atoms. The number of hydrogen-bond acceptors (Lipinski definition) is 2. The van der Waals surface area contributed by atoms with Crippen molar-refractivity contribution in [1.29, 1.82) is 0 Å². The highest BCUT2D eigenvalue weighted by Gasteiger charge is 2.05. The van der Waals surface area contributed by atoms with Gasteiger partial charge in [-0.15, -0.1) is 0 Å². The Labute approximate surface area is 84.3 Å². The summed E-state index contributed by atoms with van der Waals surface area (Å²) >= 11 is 0. The lowest BCUT2D eigenvalue weighted by Crippen LogP contribution is -2.37. The lowest BCUT2D eigenvalue weighted by molar-refractivity contribution is -0.122. The van der Waals surface area contributed by atoms with Crippen molar-refractivity contribution in [2.45, 2.75) is 26.4 Å². The summed E-state index contributed by atoms with van der Waals surface area (Å²) in [6, 6.07) is 7.59. The molecular formula is C11H16N2O. The molecular weight excluding hydrogens is 176 g/mol. The molecule has 0 fully saturated rings. The van der Waals surface area contributed by atoms with Crippen LogP contribution < -0.4 is 11.1 Å². The number of carbonyl (C=O) groups is 1. The molecule has 1 amide bonds. The maximum absolute atomic E-state index is 11.1. The number of benzene rings is 1. The molecule has 0 aliphatic carbocycles. The van der Waals surface area contributed by atoms with Crippen molar-refractivity contribution < 1.29 is 4.79 Å². The van der Waals surface area contributed by atoms with Gasteiger partial charge in [0.15, 0.2) is 0 Å². The molecule has 1 atom stereocenters. The van der Waals surface area contributed by atoms with E-state index in [1.54, 1.807) is 6.92 Å². The average molecular weight is 192 g/mol. The normalized spacial score (nSPS) is 12.2. The molecule has 0 radical (unpaired) electrons. The number of amides is 1. The zero-order valence-corrected chi connectivity index (χ0v) is 8.58. The van der Waals surface area contributed by atoms with Gasteiger partial charge in [0, 0.05) is 6.54 Å². The van der Waals surface area contributed by atoms with Crippen LogP contribution in [-0.2, 0) is 11.3 Å². The Bertz CT molecular complexity index is 304. The van der Waals surface area contributed by atoms with Crippen LogP contribution in [0.4, 0.5) is 0 Å². The summed E-state index contributed by atoms with van der Waals surface area (Å²) < 4.78 is 0. The van der Waals surface area contributed by atoms with E-state index in [0.29, 0.717) is 6.54 Å². The number of rotatable bonds is 3. The minimum Gasteiger partial charge on any atom is -0.351 e. The monoisotopic (exact) mass is 192 g/mol. The summed E-state index contributed by atoms with van der Waals surface area (Å²) in [4.78, 5) is 11.1. The molecule has 1 aromatic carbocycles. The second-order valence-electron chi connectivity index (χ2n) is 3.49. The first-order chi connectivity index (χ1) is 6.59. The summed E-state index contributed by atoms with van der Waals surface area (Å²) in [5.74, 6) is -0.120. The van der Waals surface area contributed by atoms with E-state index in [1.165, 1.54) is 5.56 Å². The van der Waals surface area contributed by atoms with Gasteiger partial charge in [0.25, 0.3) is 0 Å². The molecule has 0 spiro atoms. The molecule has 0 saturated heterocycles. The van der Waals surface area contributed by atoms with E-state index in [0.717, 1.165) is 5.56 Å². The number of aryl methyl sites for hydroxylation is 1. The number of nitrogens with one attached hydrogen (secondary N) is 1. The van der Waals surface area contributed by atoms with Crippen LogP contribution in [-0.4, -0.2) is 11.9 Å². The molecule has 0 aliphatic rings. The Balaban J connectivity index is 2.46. The van der Waals surface area contributed by atoms with Crippen molar-refractivity contribution in [3.8, 4) is 0 Å². The summed E-state index contributed by atoms with van der Waals surface area (Å²) in [6.45, 7) is 4.25. The third kappa shape index (κ3) is 3.18. The number of carbonyl (C=O) groups excluding carboxylic acids is 1. The molecule has 0 heterocycles. The van der Waals surface area contributed by atoms with E-state index in [2.05, 4.69) is 5.32 Å². The lowest BCUT2D eigenvalue weighted by atomic mass is 10.1. The highest BCUT2D eigenvalue weighted by Crippen LogP contribution is 2.02. The molecule has 14 heavy (non-hydrogen) atoms. The fourth-order valence-electron chi connectivity index (χ4n) is 1.06. The summed E-state index contributed by atoms with van der Waals surface area (Å²) in [6.07, 6.45) is 0. The maximum Gasteiger partial charge on any atom is 0.236 e. The Morgan fingerprint density at radius 3 is 2.50 bits per heavy atom. The Hall–Kier alpha value is -1.35. The smallest absolute Gasteiger partial charge is 0.236 e. The van der Waals surface area contributed by atoms with E-state index in [1.807, 2.05) is 31.2 Å². The fraction of sp³-hybridized carbons (Fsp3) is 0.364. The van der Waals surface area contributed by atoms with E-state index in [9.17, 15) is 4.79 Å². The molecule has 3 heteroatoms. The molecule has 3 N–H and O–H groups in total. The van der Waals surface area contributed by atoms with E-state index < -0.39 is 6.04 Å². The largest absolute Gasteiger partial charge is 0.351 e. The Morgan fingerprint density at radius 2 is 2.00 bits per heavy atom. The van der Waals surface area contributed by atoms with Gasteiger partial charge in [-0.3, -0.25) is 4.79 Å². The van der Waals surface area contributed by atoms with Crippen molar-refractivity contribution in [2.24, 2.45) is 5.73 Å². The van der Waals surface area contributed by atoms with Crippen LogP contribution in [0.3, 0.4) is 0 Å². The molecule has 0 aliphatic heterocycles. The van der Waals surface area contributed by atoms with Crippen LogP contribution in [0, 0.1) is 6.92 Å². The molecule has 76 valence electrons. The quantitative estimate of drug-likeness (QED) is 0.749. The minimum absolute atomic E-state index is 0.120.